The zero-order chi connectivity index (χ0) is 22.9. The highest BCUT2D eigenvalue weighted by atomic mass is 32.1. The number of rotatable bonds is 5. The molecule has 0 N–H and O–H groups in total. The van der Waals surface area contributed by atoms with E-state index in [1.165, 1.54) is 11.3 Å². The van der Waals surface area contributed by atoms with Crippen LogP contribution >= 0.6 is 11.3 Å². The highest BCUT2D eigenvalue weighted by molar-refractivity contribution is 7.12. The molecule has 1 saturated heterocycles. The van der Waals surface area contributed by atoms with Crippen molar-refractivity contribution < 1.29 is 4.79 Å². The van der Waals surface area contributed by atoms with E-state index in [1.807, 2.05) is 64.4 Å². The predicted octanol–water partition coefficient (Wildman–Crippen LogP) is 4.35. The van der Waals surface area contributed by atoms with Crippen LogP contribution in [0.5, 0.6) is 0 Å². The third-order valence-electron chi connectivity index (χ3n) is 5.92. The Morgan fingerprint density at radius 1 is 1.03 bits per heavy atom. The van der Waals surface area contributed by atoms with Crippen LogP contribution in [0.15, 0.2) is 47.8 Å². The summed E-state index contributed by atoms with van der Waals surface area (Å²) >= 11 is 1.50. The first kappa shape index (κ1) is 21.6. The Balaban J connectivity index is 1.51. The Morgan fingerprint density at radius 3 is 2.45 bits per heavy atom. The van der Waals surface area contributed by atoms with Gasteiger partial charge in [-0.15, -0.1) is 11.3 Å². The number of thiophene rings is 1. The van der Waals surface area contributed by atoms with Gasteiger partial charge < -0.3 is 9.80 Å². The number of amides is 1. The second kappa shape index (κ2) is 8.94. The van der Waals surface area contributed by atoms with Gasteiger partial charge in [0.05, 0.1) is 21.6 Å². The zero-order valence-corrected chi connectivity index (χ0v) is 20.0. The number of aromatic nitrogens is 4. The predicted molar refractivity (Wildman–Crippen MR) is 132 cm³/mol. The van der Waals surface area contributed by atoms with E-state index < -0.39 is 0 Å². The van der Waals surface area contributed by atoms with Gasteiger partial charge in [0.25, 0.3) is 5.91 Å². The lowest BCUT2D eigenvalue weighted by atomic mass is 10.1. The second-order valence-electron chi connectivity index (χ2n) is 8.85. The van der Waals surface area contributed by atoms with Crippen LogP contribution in [0.3, 0.4) is 0 Å². The molecule has 0 bridgehead atoms. The minimum atomic E-state index is 0.117. The van der Waals surface area contributed by atoms with E-state index >= 15 is 0 Å². The standard InChI is InChI=1S/C25H28N6OS/c1-17(2)16-21-26-23(29-11-13-30(14-12-29)25(32)20-10-7-15-33-20)22-18(3)28-31(24(22)27-21)19-8-5-4-6-9-19/h4-10,15,17H,11-14,16H2,1-3H3. The molecule has 5 rings (SSSR count). The molecule has 1 aliphatic heterocycles. The Kier molecular flexibility index (Phi) is 5.85. The first-order valence-electron chi connectivity index (χ1n) is 11.4. The summed E-state index contributed by atoms with van der Waals surface area (Å²) in [5.41, 5.74) is 2.75. The summed E-state index contributed by atoms with van der Waals surface area (Å²) < 4.78 is 1.93. The van der Waals surface area contributed by atoms with Gasteiger partial charge in [-0.25, -0.2) is 14.6 Å². The van der Waals surface area contributed by atoms with Gasteiger partial charge in [0.1, 0.15) is 11.6 Å². The quantitative estimate of drug-likeness (QED) is 0.443. The summed E-state index contributed by atoms with van der Waals surface area (Å²) in [6.45, 7) is 9.21. The van der Waals surface area contributed by atoms with Crippen molar-refractivity contribution in [3.05, 3.63) is 64.2 Å². The summed E-state index contributed by atoms with van der Waals surface area (Å²) in [4.78, 5) is 27.8. The molecule has 0 unspecified atom stereocenters. The maximum absolute atomic E-state index is 12.8. The number of anilines is 1. The zero-order valence-electron chi connectivity index (χ0n) is 19.2. The molecule has 170 valence electrons. The number of para-hydroxylation sites is 1. The van der Waals surface area contributed by atoms with Gasteiger partial charge in [0.15, 0.2) is 5.65 Å². The number of carbonyl (C=O) groups is 1. The number of hydrogen-bond acceptors (Lipinski definition) is 6. The van der Waals surface area contributed by atoms with Crippen LogP contribution < -0.4 is 4.90 Å². The Labute approximate surface area is 197 Å². The third-order valence-corrected chi connectivity index (χ3v) is 6.78. The van der Waals surface area contributed by atoms with Crippen LogP contribution in [-0.4, -0.2) is 56.7 Å². The molecule has 7 nitrogen and oxygen atoms in total. The Hall–Kier alpha value is -3.26. The first-order chi connectivity index (χ1) is 16.0. The van der Waals surface area contributed by atoms with Crippen molar-refractivity contribution in [2.45, 2.75) is 27.2 Å². The Bertz CT molecular complexity index is 1260. The summed E-state index contributed by atoms with van der Waals surface area (Å²) in [6.07, 6.45) is 0.804. The molecule has 8 heteroatoms. The monoisotopic (exact) mass is 460 g/mol. The minimum Gasteiger partial charge on any atom is -0.352 e. The summed E-state index contributed by atoms with van der Waals surface area (Å²) in [7, 11) is 0. The number of nitrogens with zero attached hydrogens (tertiary/aromatic N) is 6. The maximum Gasteiger partial charge on any atom is 0.264 e. The SMILES string of the molecule is Cc1nn(-c2ccccc2)c2nc(CC(C)C)nc(N3CCN(C(=O)c4cccs4)CC3)c12. The topological polar surface area (TPSA) is 67.2 Å². The van der Waals surface area contributed by atoms with Gasteiger partial charge in [-0.1, -0.05) is 38.1 Å². The van der Waals surface area contributed by atoms with Crippen LogP contribution in [0.2, 0.25) is 0 Å². The average Bonchev–Trinajstić information content (AvgIpc) is 3.47. The third kappa shape index (κ3) is 4.23. The fourth-order valence-electron chi connectivity index (χ4n) is 4.32. The van der Waals surface area contributed by atoms with Gasteiger partial charge in [0.2, 0.25) is 0 Å². The van der Waals surface area contributed by atoms with Gasteiger partial charge in [-0.2, -0.15) is 5.10 Å². The van der Waals surface area contributed by atoms with Crippen LogP contribution in [0, 0.1) is 12.8 Å². The van der Waals surface area contributed by atoms with E-state index in [0.29, 0.717) is 19.0 Å². The second-order valence-corrected chi connectivity index (χ2v) is 9.80. The average molecular weight is 461 g/mol. The molecular formula is C25H28N6OS. The largest absolute Gasteiger partial charge is 0.352 e. The lowest BCUT2D eigenvalue weighted by molar-refractivity contribution is 0.0751. The molecule has 0 atom stereocenters. The van der Waals surface area contributed by atoms with Crippen LogP contribution in [0.25, 0.3) is 16.7 Å². The maximum atomic E-state index is 12.8. The van der Waals surface area contributed by atoms with Crippen molar-refractivity contribution in [2.75, 3.05) is 31.1 Å². The molecule has 0 spiro atoms. The smallest absolute Gasteiger partial charge is 0.264 e. The van der Waals surface area contributed by atoms with Gasteiger partial charge >= 0.3 is 0 Å². The van der Waals surface area contributed by atoms with Gasteiger partial charge in [0, 0.05) is 32.6 Å². The van der Waals surface area contributed by atoms with Crippen molar-refractivity contribution in [1.82, 2.24) is 24.6 Å². The number of piperazine rings is 1. The van der Waals surface area contributed by atoms with Crippen LogP contribution in [0.4, 0.5) is 5.82 Å². The molecule has 4 aromatic rings. The molecule has 1 aliphatic rings. The molecule has 0 radical (unpaired) electrons. The molecule has 1 aromatic carbocycles. The summed E-state index contributed by atoms with van der Waals surface area (Å²) in [5.74, 6) is 2.33. The number of benzene rings is 1. The minimum absolute atomic E-state index is 0.117. The van der Waals surface area contributed by atoms with E-state index in [1.54, 1.807) is 0 Å². The number of aryl methyl sites for hydroxylation is 1. The van der Waals surface area contributed by atoms with Crippen molar-refractivity contribution >= 4 is 34.1 Å². The van der Waals surface area contributed by atoms with Crippen LogP contribution in [-0.2, 0) is 6.42 Å². The molecule has 0 aliphatic carbocycles. The molecular weight excluding hydrogens is 432 g/mol. The number of fused-ring (bicyclic) bond motifs is 1. The normalized spacial score (nSPS) is 14.4. The van der Waals surface area contributed by atoms with E-state index in [9.17, 15) is 4.79 Å². The van der Waals surface area contributed by atoms with Crippen molar-refractivity contribution in [3.8, 4) is 5.69 Å². The molecule has 0 saturated carbocycles. The molecule has 1 amide bonds. The van der Waals surface area contributed by atoms with E-state index in [0.717, 1.165) is 58.4 Å². The molecule has 4 heterocycles. The number of carbonyl (C=O) groups excluding carboxylic acids is 1. The van der Waals surface area contributed by atoms with Crippen molar-refractivity contribution in [1.29, 1.82) is 0 Å². The summed E-state index contributed by atoms with van der Waals surface area (Å²) in [6, 6.07) is 13.9. The van der Waals surface area contributed by atoms with Crippen molar-refractivity contribution in [2.24, 2.45) is 5.92 Å². The molecule has 1 fully saturated rings. The Morgan fingerprint density at radius 2 is 1.79 bits per heavy atom. The molecule has 33 heavy (non-hydrogen) atoms. The first-order valence-corrected chi connectivity index (χ1v) is 12.3. The fraction of sp³-hybridized carbons (Fsp3) is 0.360. The van der Waals surface area contributed by atoms with Gasteiger partial charge in [-0.05, 0) is 36.4 Å². The molecule has 3 aromatic heterocycles. The summed E-state index contributed by atoms with van der Waals surface area (Å²) in [5, 5.41) is 7.78. The highest BCUT2D eigenvalue weighted by Crippen LogP contribution is 2.30. The van der Waals surface area contributed by atoms with Crippen molar-refractivity contribution in [3.63, 3.8) is 0 Å². The van der Waals surface area contributed by atoms with Crippen LogP contribution in [0.1, 0.15) is 35.0 Å². The van der Waals surface area contributed by atoms with E-state index in [2.05, 4.69) is 18.7 Å². The number of hydrogen-bond donors (Lipinski definition) is 0. The lowest BCUT2D eigenvalue weighted by Crippen LogP contribution is -2.49. The lowest BCUT2D eigenvalue weighted by Gasteiger charge is -2.35. The van der Waals surface area contributed by atoms with E-state index in [4.69, 9.17) is 15.1 Å². The fourth-order valence-corrected chi connectivity index (χ4v) is 5.01. The highest BCUT2D eigenvalue weighted by Gasteiger charge is 2.27. The van der Waals surface area contributed by atoms with Gasteiger partial charge in [-0.3, -0.25) is 4.79 Å². The van der Waals surface area contributed by atoms with E-state index in [-0.39, 0.29) is 5.91 Å².